The second-order valence-corrected chi connectivity index (χ2v) is 5.80. The molecule has 0 atom stereocenters. The number of carbonyl (C=O) groups is 3. The maximum Gasteiger partial charge on any atom is 0.249 e. The van der Waals surface area contributed by atoms with Gasteiger partial charge in [0.15, 0.2) is 0 Å². The first-order valence-electron chi connectivity index (χ1n) is 7.67. The topological polar surface area (TPSA) is 113 Å². The first-order valence-corrected chi connectivity index (χ1v) is 7.67. The smallest absolute Gasteiger partial charge is 0.249 e. The van der Waals surface area contributed by atoms with E-state index < -0.39 is 11.5 Å². The number of anilines is 1. The van der Waals surface area contributed by atoms with E-state index in [0.717, 1.165) is 6.08 Å². The van der Waals surface area contributed by atoms with Gasteiger partial charge in [0.05, 0.1) is 6.42 Å². The van der Waals surface area contributed by atoms with Gasteiger partial charge in [0.2, 0.25) is 17.7 Å². The monoisotopic (exact) mass is 331 g/mol. The van der Waals surface area contributed by atoms with Crippen LogP contribution in [0.2, 0.25) is 0 Å². The molecule has 3 amide bonds. The standard InChI is InChI=1S/C17H21N3O4/c1-2-14(21)19-13-6-4-3-5-12(13)11-15(22)20-9-7-17(24,8-10-20)16(18)23/h2-6,24H,1,7-11H2,(H2,18,23)(H,19,21). The van der Waals surface area contributed by atoms with Crippen LogP contribution in [0.15, 0.2) is 36.9 Å². The SMILES string of the molecule is C=CC(=O)Nc1ccccc1CC(=O)N1CCC(O)(C(N)=O)CC1. The number of nitrogens with one attached hydrogen (secondary N) is 1. The van der Waals surface area contributed by atoms with Crippen LogP contribution < -0.4 is 11.1 Å². The lowest BCUT2D eigenvalue weighted by Gasteiger charge is -2.36. The first kappa shape index (κ1) is 17.7. The molecule has 1 aromatic carbocycles. The zero-order chi connectivity index (χ0) is 17.7. The number of primary amides is 1. The fourth-order valence-corrected chi connectivity index (χ4v) is 2.63. The van der Waals surface area contributed by atoms with Gasteiger partial charge in [-0.25, -0.2) is 0 Å². The van der Waals surface area contributed by atoms with Crippen LogP contribution in [0.5, 0.6) is 0 Å². The minimum atomic E-state index is -1.54. The van der Waals surface area contributed by atoms with Gasteiger partial charge in [-0.1, -0.05) is 24.8 Å². The lowest BCUT2D eigenvalue weighted by molar-refractivity contribution is -0.146. The van der Waals surface area contributed by atoms with Crippen LogP contribution in [-0.4, -0.2) is 46.4 Å². The molecule has 1 fully saturated rings. The molecule has 0 spiro atoms. The number of rotatable bonds is 5. The summed E-state index contributed by atoms with van der Waals surface area (Å²) in [5.41, 5.74) is 4.90. The summed E-state index contributed by atoms with van der Waals surface area (Å²) in [6.45, 7) is 3.93. The summed E-state index contributed by atoms with van der Waals surface area (Å²) in [4.78, 5) is 36.7. The summed E-state index contributed by atoms with van der Waals surface area (Å²) in [5, 5.41) is 12.7. The van der Waals surface area contributed by atoms with Crippen LogP contribution in [0.1, 0.15) is 18.4 Å². The molecule has 128 valence electrons. The van der Waals surface area contributed by atoms with Crippen molar-refractivity contribution in [2.24, 2.45) is 5.73 Å². The molecule has 1 heterocycles. The minimum absolute atomic E-state index is 0.114. The number of aliphatic hydroxyl groups is 1. The maximum atomic E-state index is 12.5. The van der Waals surface area contributed by atoms with E-state index in [0.29, 0.717) is 11.3 Å². The van der Waals surface area contributed by atoms with Crippen molar-refractivity contribution < 1.29 is 19.5 Å². The molecule has 0 radical (unpaired) electrons. The average molecular weight is 331 g/mol. The molecule has 0 bridgehead atoms. The fourth-order valence-electron chi connectivity index (χ4n) is 2.63. The highest BCUT2D eigenvalue weighted by Gasteiger charge is 2.38. The molecule has 2 rings (SSSR count). The number of para-hydroxylation sites is 1. The van der Waals surface area contributed by atoms with Crippen LogP contribution in [0.4, 0.5) is 5.69 Å². The second-order valence-electron chi connectivity index (χ2n) is 5.80. The van der Waals surface area contributed by atoms with E-state index >= 15 is 0 Å². The fraction of sp³-hybridized carbons (Fsp3) is 0.353. The Morgan fingerprint density at radius 2 is 1.92 bits per heavy atom. The predicted molar refractivity (Wildman–Crippen MR) is 88.9 cm³/mol. The van der Waals surface area contributed by atoms with E-state index in [4.69, 9.17) is 5.73 Å². The van der Waals surface area contributed by atoms with Crippen LogP contribution in [0.3, 0.4) is 0 Å². The number of likely N-dealkylation sites (tertiary alicyclic amines) is 1. The Balaban J connectivity index is 2.02. The molecular weight excluding hydrogens is 310 g/mol. The van der Waals surface area contributed by atoms with Crippen molar-refractivity contribution in [3.05, 3.63) is 42.5 Å². The largest absolute Gasteiger partial charge is 0.380 e. The normalized spacial score (nSPS) is 16.3. The lowest BCUT2D eigenvalue weighted by Crippen LogP contribution is -2.53. The van der Waals surface area contributed by atoms with Crippen molar-refractivity contribution in [3.8, 4) is 0 Å². The van der Waals surface area contributed by atoms with Gasteiger partial charge >= 0.3 is 0 Å². The highest BCUT2D eigenvalue weighted by Crippen LogP contribution is 2.23. The van der Waals surface area contributed by atoms with E-state index in [2.05, 4.69) is 11.9 Å². The summed E-state index contributed by atoms with van der Waals surface area (Å²) < 4.78 is 0. The van der Waals surface area contributed by atoms with Crippen molar-refractivity contribution >= 4 is 23.4 Å². The maximum absolute atomic E-state index is 12.5. The third-order valence-corrected chi connectivity index (χ3v) is 4.20. The number of amides is 3. The second kappa shape index (κ2) is 7.27. The zero-order valence-corrected chi connectivity index (χ0v) is 13.3. The zero-order valence-electron chi connectivity index (χ0n) is 13.3. The average Bonchev–Trinajstić information content (AvgIpc) is 2.57. The Kier molecular flexibility index (Phi) is 5.35. The Labute approximate surface area is 140 Å². The van der Waals surface area contributed by atoms with Gasteiger partial charge in [-0.2, -0.15) is 0 Å². The number of nitrogens with two attached hydrogens (primary N) is 1. The van der Waals surface area contributed by atoms with E-state index in [1.807, 2.05) is 0 Å². The molecular formula is C17H21N3O4. The number of carbonyl (C=O) groups excluding carboxylic acids is 3. The molecule has 4 N–H and O–H groups in total. The Bertz CT molecular complexity index is 664. The van der Waals surface area contributed by atoms with E-state index in [-0.39, 0.29) is 44.2 Å². The summed E-state index contributed by atoms with van der Waals surface area (Å²) in [7, 11) is 0. The van der Waals surface area contributed by atoms with Gasteiger partial charge in [-0.3, -0.25) is 14.4 Å². The number of benzene rings is 1. The van der Waals surface area contributed by atoms with Crippen molar-refractivity contribution in [1.82, 2.24) is 4.90 Å². The van der Waals surface area contributed by atoms with Gasteiger partial charge in [-0.15, -0.1) is 0 Å². The van der Waals surface area contributed by atoms with Crippen LogP contribution in [0, 0.1) is 0 Å². The van der Waals surface area contributed by atoms with Gasteiger partial charge in [-0.05, 0) is 17.7 Å². The van der Waals surface area contributed by atoms with Crippen LogP contribution in [-0.2, 0) is 20.8 Å². The van der Waals surface area contributed by atoms with Gasteiger partial charge in [0.1, 0.15) is 5.60 Å². The highest BCUT2D eigenvalue weighted by atomic mass is 16.3. The van der Waals surface area contributed by atoms with E-state index in [1.54, 1.807) is 29.2 Å². The van der Waals surface area contributed by atoms with Crippen molar-refractivity contribution in [2.45, 2.75) is 24.9 Å². The van der Waals surface area contributed by atoms with Gasteiger partial charge in [0, 0.05) is 31.6 Å². The number of hydrogen-bond acceptors (Lipinski definition) is 4. The quantitative estimate of drug-likeness (QED) is 0.669. The van der Waals surface area contributed by atoms with Crippen LogP contribution in [0.25, 0.3) is 0 Å². The molecule has 1 saturated heterocycles. The molecule has 7 heteroatoms. The van der Waals surface area contributed by atoms with Crippen molar-refractivity contribution in [1.29, 1.82) is 0 Å². The predicted octanol–water partition coefficient (Wildman–Crippen LogP) is 0.192. The molecule has 1 aliphatic rings. The molecule has 0 aliphatic carbocycles. The molecule has 1 aromatic rings. The molecule has 24 heavy (non-hydrogen) atoms. The van der Waals surface area contributed by atoms with Crippen molar-refractivity contribution in [2.75, 3.05) is 18.4 Å². The molecule has 0 unspecified atom stereocenters. The third-order valence-electron chi connectivity index (χ3n) is 4.20. The molecule has 0 aromatic heterocycles. The summed E-state index contributed by atoms with van der Waals surface area (Å²) in [6, 6.07) is 7.03. The molecule has 7 nitrogen and oxygen atoms in total. The number of hydrogen-bond donors (Lipinski definition) is 3. The highest BCUT2D eigenvalue weighted by molar-refractivity contribution is 5.99. The Morgan fingerprint density at radius 3 is 2.50 bits per heavy atom. The molecule has 1 aliphatic heterocycles. The lowest BCUT2D eigenvalue weighted by atomic mass is 9.90. The first-order chi connectivity index (χ1) is 11.4. The number of piperidine rings is 1. The summed E-state index contributed by atoms with van der Waals surface area (Å²) in [5.74, 6) is -1.24. The van der Waals surface area contributed by atoms with Gasteiger partial charge in [0.25, 0.3) is 0 Å². The van der Waals surface area contributed by atoms with E-state index in [9.17, 15) is 19.5 Å². The third kappa shape index (κ3) is 3.99. The Hall–Kier alpha value is -2.67. The summed E-state index contributed by atoms with van der Waals surface area (Å²) >= 11 is 0. The van der Waals surface area contributed by atoms with Gasteiger partial charge < -0.3 is 21.1 Å². The Morgan fingerprint density at radius 1 is 1.29 bits per heavy atom. The van der Waals surface area contributed by atoms with Crippen LogP contribution >= 0.6 is 0 Å². The van der Waals surface area contributed by atoms with Crippen molar-refractivity contribution in [3.63, 3.8) is 0 Å². The number of nitrogens with zero attached hydrogens (tertiary/aromatic N) is 1. The minimum Gasteiger partial charge on any atom is -0.380 e. The molecule has 0 saturated carbocycles. The summed E-state index contributed by atoms with van der Waals surface area (Å²) in [6.07, 6.45) is 1.53. The van der Waals surface area contributed by atoms with E-state index in [1.165, 1.54) is 0 Å².